The Morgan fingerprint density at radius 2 is 1.92 bits per heavy atom. The number of aromatic nitrogens is 1. The van der Waals surface area contributed by atoms with Gasteiger partial charge >= 0.3 is 5.97 Å². The predicted molar refractivity (Wildman–Crippen MR) is 102 cm³/mol. The van der Waals surface area contributed by atoms with Crippen LogP contribution in [0.1, 0.15) is 41.2 Å². The molecule has 0 unspecified atom stereocenters. The molecule has 25 heavy (non-hydrogen) atoms. The van der Waals surface area contributed by atoms with Crippen molar-refractivity contribution in [3.8, 4) is 0 Å². The summed E-state index contributed by atoms with van der Waals surface area (Å²) in [6.45, 7) is 10.1. The minimum atomic E-state index is -0.898. The summed E-state index contributed by atoms with van der Waals surface area (Å²) < 4.78 is 8.16. The molecule has 1 atom stereocenters. The number of nitrogens with zero attached hydrogens (tertiary/aromatic N) is 1. The highest BCUT2D eigenvalue weighted by molar-refractivity contribution is 9.10. The van der Waals surface area contributed by atoms with E-state index in [1.807, 2.05) is 44.4 Å². The maximum absolute atomic E-state index is 12.4. The van der Waals surface area contributed by atoms with Crippen LogP contribution in [-0.2, 0) is 16.1 Å². The largest absolute Gasteiger partial charge is 0.449 e. The van der Waals surface area contributed by atoms with Gasteiger partial charge in [-0.15, -0.1) is 0 Å². The molecular weight excluding hydrogens is 384 g/mol. The fourth-order valence-corrected chi connectivity index (χ4v) is 3.32. The highest BCUT2D eigenvalue weighted by atomic mass is 79.9. The Hall–Kier alpha value is -2.08. The molecule has 0 aliphatic carbocycles. The SMILES string of the molecule is CCn1c(C)cc(C(=O)O[C@H](C)C(=O)Nc2ccc(C)cc2Br)c1C. The van der Waals surface area contributed by atoms with Gasteiger partial charge in [-0.25, -0.2) is 4.79 Å². The van der Waals surface area contributed by atoms with E-state index in [-0.39, 0.29) is 5.91 Å². The summed E-state index contributed by atoms with van der Waals surface area (Å²) in [5.74, 6) is -0.861. The number of amides is 1. The lowest BCUT2D eigenvalue weighted by molar-refractivity contribution is -0.123. The van der Waals surface area contributed by atoms with Crippen molar-refractivity contribution in [2.75, 3.05) is 5.32 Å². The van der Waals surface area contributed by atoms with E-state index in [4.69, 9.17) is 4.74 Å². The average Bonchev–Trinajstić information content (AvgIpc) is 2.84. The van der Waals surface area contributed by atoms with Crippen molar-refractivity contribution in [2.24, 2.45) is 0 Å². The second kappa shape index (κ2) is 7.87. The zero-order valence-electron chi connectivity index (χ0n) is 15.1. The first kappa shape index (κ1) is 19.2. The molecule has 1 aromatic heterocycles. The van der Waals surface area contributed by atoms with Crippen LogP contribution in [0.25, 0.3) is 0 Å². The van der Waals surface area contributed by atoms with E-state index in [0.29, 0.717) is 11.3 Å². The van der Waals surface area contributed by atoms with Crippen LogP contribution in [-0.4, -0.2) is 22.5 Å². The molecule has 0 aliphatic rings. The summed E-state index contributed by atoms with van der Waals surface area (Å²) in [5, 5.41) is 2.77. The van der Waals surface area contributed by atoms with Crippen LogP contribution in [0.4, 0.5) is 5.69 Å². The van der Waals surface area contributed by atoms with Crippen molar-refractivity contribution < 1.29 is 14.3 Å². The smallest absolute Gasteiger partial charge is 0.340 e. The van der Waals surface area contributed by atoms with Crippen molar-refractivity contribution in [3.63, 3.8) is 0 Å². The van der Waals surface area contributed by atoms with E-state index in [1.165, 1.54) is 0 Å². The highest BCUT2D eigenvalue weighted by Gasteiger charge is 2.22. The summed E-state index contributed by atoms with van der Waals surface area (Å²) in [6.07, 6.45) is -0.898. The van der Waals surface area contributed by atoms with Gasteiger partial charge in [0.05, 0.1) is 11.3 Å². The molecule has 5 nitrogen and oxygen atoms in total. The molecule has 0 spiro atoms. The number of esters is 1. The van der Waals surface area contributed by atoms with Crippen LogP contribution >= 0.6 is 15.9 Å². The van der Waals surface area contributed by atoms with Gasteiger partial charge in [-0.2, -0.15) is 0 Å². The highest BCUT2D eigenvalue weighted by Crippen LogP contribution is 2.24. The van der Waals surface area contributed by atoms with Crippen LogP contribution in [0, 0.1) is 20.8 Å². The Balaban J connectivity index is 2.07. The third-order valence-corrected chi connectivity index (χ3v) is 4.80. The Morgan fingerprint density at radius 3 is 2.48 bits per heavy atom. The molecule has 2 rings (SSSR count). The molecular formula is C19H23BrN2O3. The number of hydrogen-bond acceptors (Lipinski definition) is 3. The molecule has 6 heteroatoms. The first-order chi connectivity index (χ1) is 11.7. The molecule has 1 aromatic carbocycles. The van der Waals surface area contributed by atoms with Crippen molar-refractivity contribution >= 4 is 33.5 Å². The molecule has 1 heterocycles. The van der Waals surface area contributed by atoms with Crippen molar-refractivity contribution in [1.82, 2.24) is 4.57 Å². The standard InChI is InChI=1S/C19H23BrN2O3/c1-6-22-12(3)10-15(13(22)4)19(24)25-14(5)18(23)21-17-8-7-11(2)9-16(17)20/h7-10,14H,6H2,1-5H3,(H,21,23)/t14-/m1/s1. The molecule has 0 bridgehead atoms. The Bertz CT molecular complexity index is 811. The lowest BCUT2D eigenvalue weighted by Crippen LogP contribution is -2.30. The number of rotatable bonds is 5. The minimum absolute atomic E-state index is 0.373. The average molecular weight is 407 g/mol. The number of carbonyl (C=O) groups excluding carboxylic acids is 2. The van der Waals surface area contributed by atoms with Crippen LogP contribution < -0.4 is 5.32 Å². The van der Waals surface area contributed by atoms with Gasteiger partial charge in [0.1, 0.15) is 0 Å². The molecule has 1 N–H and O–H groups in total. The fraction of sp³-hybridized carbons (Fsp3) is 0.368. The maximum atomic E-state index is 12.4. The van der Waals surface area contributed by atoms with Gasteiger partial charge in [-0.1, -0.05) is 6.07 Å². The number of anilines is 1. The number of carbonyl (C=O) groups is 2. The predicted octanol–water partition coefficient (Wildman–Crippen LogP) is 4.38. The van der Waals surface area contributed by atoms with E-state index in [1.54, 1.807) is 19.1 Å². The number of benzene rings is 1. The number of halogens is 1. The molecule has 0 aliphatic heterocycles. The van der Waals surface area contributed by atoms with Gasteiger partial charge in [0.15, 0.2) is 6.10 Å². The van der Waals surface area contributed by atoms with Crippen molar-refractivity contribution in [1.29, 1.82) is 0 Å². The van der Waals surface area contributed by atoms with Crippen LogP contribution in [0.3, 0.4) is 0 Å². The van der Waals surface area contributed by atoms with Gasteiger partial charge in [0.2, 0.25) is 0 Å². The number of nitrogens with one attached hydrogen (secondary N) is 1. The molecule has 0 radical (unpaired) electrons. The normalized spacial score (nSPS) is 11.9. The summed E-state index contributed by atoms with van der Waals surface area (Å²) in [5.41, 5.74) is 4.06. The zero-order chi connectivity index (χ0) is 18.7. The second-order valence-corrected chi connectivity index (χ2v) is 6.90. The second-order valence-electron chi connectivity index (χ2n) is 6.05. The van der Waals surface area contributed by atoms with E-state index in [2.05, 4.69) is 21.2 Å². The van der Waals surface area contributed by atoms with Gasteiger partial charge in [0, 0.05) is 22.4 Å². The molecule has 0 saturated heterocycles. The van der Waals surface area contributed by atoms with Crippen LogP contribution in [0.15, 0.2) is 28.7 Å². The third-order valence-electron chi connectivity index (χ3n) is 4.15. The number of aryl methyl sites for hydroxylation is 2. The topological polar surface area (TPSA) is 60.3 Å². The minimum Gasteiger partial charge on any atom is -0.449 e. The monoisotopic (exact) mass is 406 g/mol. The summed E-state index contributed by atoms with van der Waals surface area (Å²) in [7, 11) is 0. The van der Waals surface area contributed by atoms with Gasteiger partial charge < -0.3 is 14.6 Å². The van der Waals surface area contributed by atoms with Gasteiger partial charge in [0.25, 0.3) is 5.91 Å². The lowest BCUT2D eigenvalue weighted by Gasteiger charge is -2.14. The Morgan fingerprint density at radius 1 is 1.24 bits per heavy atom. The third kappa shape index (κ3) is 4.31. The molecule has 134 valence electrons. The van der Waals surface area contributed by atoms with E-state index < -0.39 is 12.1 Å². The molecule has 0 saturated carbocycles. The fourth-order valence-electron chi connectivity index (χ4n) is 2.73. The maximum Gasteiger partial charge on any atom is 0.340 e. The first-order valence-corrected chi connectivity index (χ1v) is 8.98. The Labute approximate surface area is 156 Å². The van der Waals surface area contributed by atoms with E-state index in [9.17, 15) is 9.59 Å². The number of hydrogen-bond donors (Lipinski definition) is 1. The van der Waals surface area contributed by atoms with E-state index >= 15 is 0 Å². The lowest BCUT2D eigenvalue weighted by atomic mass is 10.2. The van der Waals surface area contributed by atoms with Gasteiger partial charge in [-0.3, -0.25) is 4.79 Å². The summed E-state index contributed by atoms with van der Waals surface area (Å²) in [4.78, 5) is 24.7. The Kier molecular flexibility index (Phi) is 6.06. The number of ether oxygens (including phenoxy) is 1. The van der Waals surface area contributed by atoms with Crippen LogP contribution in [0.5, 0.6) is 0 Å². The zero-order valence-corrected chi connectivity index (χ0v) is 16.7. The summed E-state index contributed by atoms with van der Waals surface area (Å²) in [6, 6.07) is 7.41. The molecule has 0 fully saturated rings. The van der Waals surface area contributed by atoms with Crippen molar-refractivity contribution in [3.05, 3.63) is 51.3 Å². The van der Waals surface area contributed by atoms with Gasteiger partial charge in [-0.05, 0) is 74.3 Å². The molecule has 1 amide bonds. The van der Waals surface area contributed by atoms with E-state index in [0.717, 1.165) is 28.0 Å². The summed E-state index contributed by atoms with van der Waals surface area (Å²) >= 11 is 3.42. The molecule has 2 aromatic rings. The van der Waals surface area contributed by atoms with Crippen LogP contribution in [0.2, 0.25) is 0 Å². The quantitative estimate of drug-likeness (QED) is 0.749. The first-order valence-electron chi connectivity index (χ1n) is 8.19. The van der Waals surface area contributed by atoms with Crippen molar-refractivity contribution in [2.45, 2.75) is 47.3 Å².